The van der Waals surface area contributed by atoms with Crippen molar-refractivity contribution in [1.82, 2.24) is 5.32 Å². The van der Waals surface area contributed by atoms with E-state index in [1.54, 1.807) is 0 Å². The molecular formula is C23H41N3O2. The predicted molar refractivity (Wildman–Crippen MR) is 119 cm³/mol. The van der Waals surface area contributed by atoms with Gasteiger partial charge in [0, 0.05) is 11.6 Å². The van der Waals surface area contributed by atoms with Crippen LogP contribution in [0.25, 0.3) is 0 Å². The molecule has 0 saturated heterocycles. The highest BCUT2D eigenvalue weighted by atomic mass is 16.5. The lowest BCUT2D eigenvalue weighted by Gasteiger charge is -2.12. The molecule has 1 aromatic carbocycles. The zero-order chi connectivity index (χ0) is 21.0. The molecule has 0 fully saturated rings. The number of benzene rings is 1. The van der Waals surface area contributed by atoms with Crippen LogP contribution in [-0.4, -0.2) is 24.9 Å². The quantitative estimate of drug-likeness (QED) is 0.217. The van der Waals surface area contributed by atoms with E-state index in [1.165, 1.54) is 51.4 Å². The minimum atomic E-state index is -0.0140. The first-order valence-corrected chi connectivity index (χ1v) is 10.8. The number of hydrogen-bond acceptors (Lipinski definition) is 3. The van der Waals surface area contributed by atoms with Crippen molar-refractivity contribution in [1.29, 1.82) is 5.41 Å². The lowest BCUT2D eigenvalue weighted by atomic mass is 10.1. The van der Waals surface area contributed by atoms with Gasteiger partial charge in [0.1, 0.15) is 5.75 Å². The largest absolute Gasteiger partial charge is 0.494 e. The van der Waals surface area contributed by atoms with Crippen molar-refractivity contribution in [3.05, 3.63) is 29.8 Å². The maximum atomic E-state index is 12.0. The normalized spacial score (nSPS) is 11.1. The Hall–Kier alpha value is -2.04. The highest BCUT2D eigenvalue weighted by Crippen LogP contribution is 2.14. The lowest BCUT2D eigenvalue weighted by Crippen LogP contribution is -2.31. The zero-order valence-corrected chi connectivity index (χ0v) is 18.1. The molecule has 160 valence electrons. The number of amides is 1. The second kappa shape index (κ2) is 18.3. The molecule has 1 amide bonds. The molecule has 0 bridgehead atoms. The van der Waals surface area contributed by atoms with Crippen LogP contribution in [0.2, 0.25) is 0 Å². The standard InChI is InChI=1S/C22H37NO2.CH4N2/c1-4-6-7-8-9-10-11-12-13-18-25-21-16-14-20(15-17-21)22(24)23-19(3)5-2;2-1-3/h14-17,19H,4-13,18H2,1-3H3,(H,23,24);1H,(H3,2,3). The molecular weight excluding hydrogens is 350 g/mol. The van der Waals surface area contributed by atoms with Crippen LogP contribution in [0.5, 0.6) is 5.75 Å². The molecule has 28 heavy (non-hydrogen) atoms. The van der Waals surface area contributed by atoms with Gasteiger partial charge in [0.2, 0.25) is 0 Å². The van der Waals surface area contributed by atoms with E-state index in [-0.39, 0.29) is 11.9 Å². The van der Waals surface area contributed by atoms with Gasteiger partial charge in [0.25, 0.3) is 5.91 Å². The number of unbranched alkanes of at least 4 members (excludes halogenated alkanes) is 8. The third-order valence-electron chi connectivity index (χ3n) is 4.62. The first kappa shape index (κ1) is 26.0. The highest BCUT2D eigenvalue weighted by Gasteiger charge is 2.08. The second-order valence-corrected chi connectivity index (χ2v) is 7.15. The molecule has 4 N–H and O–H groups in total. The number of carbonyl (C=O) groups excluding carboxylic acids is 1. The second-order valence-electron chi connectivity index (χ2n) is 7.15. The summed E-state index contributed by atoms with van der Waals surface area (Å²) in [7, 11) is 0. The predicted octanol–water partition coefficient (Wildman–Crippen LogP) is 5.68. The van der Waals surface area contributed by atoms with Gasteiger partial charge in [0.15, 0.2) is 0 Å². The van der Waals surface area contributed by atoms with Crippen molar-refractivity contribution < 1.29 is 9.53 Å². The monoisotopic (exact) mass is 391 g/mol. The molecule has 1 rings (SSSR count). The molecule has 1 unspecified atom stereocenters. The smallest absolute Gasteiger partial charge is 0.251 e. The summed E-state index contributed by atoms with van der Waals surface area (Å²) in [5.74, 6) is 0.833. The molecule has 0 aliphatic rings. The number of ether oxygens (including phenoxy) is 1. The van der Waals surface area contributed by atoms with Crippen LogP contribution >= 0.6 is 0 Å². The maximum Gasteiger partial charge on any atom is 0.251 e. The van der Waals surface area contributed by atoms with Crippen molar-refractivity contribution in [2.45, 2.75) is 91.0 Å². The third-order valence-corrected chi connectivity index (χ3v) is 4.62. The summed E-state index contributed by atoms with van der Waals surface area (Å²) in [5, 5.41) is 8.83. The topological polar surface area (TPSA) is 88.2 Å². The van der Waals surface area contributed by atoms with Gasteiger partial charge in [0.05, 0.1) is 12.9 Å². The molecule has 5 heteroatoms. The first-order chi connectivity index (χ1) is 13.6. The van der Waals surface area contributed by atoms with E-state index in [9.17, 15) is 4.79 Å². The Balaban J connectivity index is 0.00000227. The molecule has 0 spiro atoms. The van der Waals surface area contributed by atoms with Crippen LogP contribution in [0.1, 0.15) is 95.3 Å². The Bertz CT molecular complexity index is 503. The Morgan fingerprint density at radius 2 is 1.54 bits per heavy atom. The van der Waals surface area contributed by atoms with Gasteiger partial charge in [-0.2, -0.15) is 0 Å². The lowest BCUT2D eigenvalue weighted by molar-refractivity contribution is 0.0939. The SMILES string of the molecule is CCCCCCCCCCCOc1ccc(C(=O)NC(C)CC)cc1.N=CN. The summed E-state index contributed by atoms with van der Waals surface area (Å²) in [5.41, 5.74) is 5.08. The van der Waals surface area contributed by atoms with Crippen LogP contribution in [0.3, 0.4) is 0 Å². The van der Waals surface area contributed by atoms with Gasteiger partial charge in [-0.3, -0.25) is 10.2 Å². The van der Waals surface area contributed by atoms with Crippen LogP contribution in [0.4, 0.5) is 0 Å². The minimum Gasteiger partial charge on any atom is -0.494 e. The van der Waals surface area contributed by atoms with Gasteiger partial charge in [-0.15, -0.1) is 0 Å². The Morgan fingerprint density at radius 1 is 1.04 bits per heavy atom. The number of carbonyl (C=O) groups is 1. The summed E-state index contributed by atoms with van der Waals surface area (Å²) in [6.07, 6.45) is 13.5. The molecule has 0 aliphatic heterocycles. The van der Waals surface area contributed by atoms with Gasteiger partial charge in [-0.25, -0.2) is 0 Å². The minimum absolute atomic E-state index is 0.0140. The van der Waals surface area contributed by atoms with Gasteiger partial charge >= 0.3 is 0 Å². The van der Waals surface area contributed by atoms with Crippen LogP contribution < -0.4 is 15.8 Å². The van der Waals surface area contributed by atoms with Crippen molar-refractivity contribution in [2.24, 2.45) is 5.73 Å². The molecule has 1 aromatic rings. The Kier molecular flexibility index (Phi) is 17.0. The van der Waals surface area contributed by atoms with E-state index in [0.29, 0.717) is 5.56 Å². The van der Waals surface area contributed by atoms with E-state index >= 15 is 0 Å². The van der Waals surface area contributed by atoms with Gasteiger partial charge < -0.3 is 15.8 Å². The fourth-order valence-corrected chi connectivity index (χ4v) is 2.71. The molecule has 0 radical (unpaired) electrons. The number of nitrogens with two attached hydrogens (primary N) is 1. The molecule has 0 aliphatic carbocycles. The van der Waals surface area contributed by atoms with Crippen molar-refractivity contribution >= 4 is 12.2 Å². The fourth-order valence-electron chi connectivity index (χ4n) is 2.71. The number of rotatable bonds is 14. The third kappa shape index (κ3) is 14.1. The summed E-state index contributed by atoms with van der Waals surface area (Å²) in [6.45, 7) is 7.10. The number of nitrogens with one attached hydrogen (secondary N) is 2. The summed E-state index contributed by atoms with van der Waals surface area (Å²) >= 11 is 0. The summed E-state index contributed by atoms with van der Waals surface area (Å²) in [6, 6.07) is 7.65. The Labute approximate surface area is 171 Å². The van der Waals surface area contributed by atoms with E-state index in [4.69, 9.17) is 10.1 Å². The van der Waals surface area contributed by atoms with E-state index in [1.807, 2.05) is 31.2 Å². The van der Waals surface area contributed by atoms with Crippen molar-refractivity contribution in [2.75, 3.05) is 6.61 Å². The maximum absolute atomic E-state index is 12.0. The van der Waals surface area contributed by atoms with E-state index in [2.05, 4.69) is 24.9 Å². The van der Waals surface area contributed by atoms with Crippen LogP contribution in [0.15, 0.2) is 24.3 Å². The summed E-state index contributed by atoms with van der Waals surface area (Å²) < 4.78 is 5.77. The molecule has 0 saturated carbocycles. The molecule has 5 nitrogen and oxygen atoms in total. The molecule has 0 heterocycles. The van der Waals surface area contributed by atoms with Gasteiger partial charge in [-0.1, -0.05) is 65.2 Å². The number of hydrogen-bond donors (Lipinski definition) is 3. The van der Waals surface area contributed by atoms with Crippen LogP contribution in [0, 0.1) is 5.41 Å². The average molecular weight is 392 g/mol. The molecule has 0 aromatic heterocycles. The van der Waals surface area contributed by atoms with Crippen molar-refractivity contribution in [3.63, 3.8) is 0 Å². The summed E-state index contributed by atoms with van der Waals surface area (Å²) in [4.78, 5) is 12.0. The average Bonchev–Trinajstić information content (AvgIpc) is 2.70. The first-order valence-electron chi connectivity index (χ1n) is 10.8. The zero-order valence-electron chi connectivity index (χ0n) is 18.1. The van der Waals surface area contributed by atoms with Gasteiger partial charge in [-0.05, 0) is 44.0 Å². The fraction of sp³-hybridized carbons (Fsp3) is 0.652. The van der Waals surface area contributed by atoms with Crippen molar-refractivity contribution in [3.8, 4) is 5.75 Å². The highest BCUT2D eigenvalue weighted by molar-refractivity contribution is 5.94. The van der Waals surface area contributed by atoms with E-state index in [0.717, 1.165) is 31.5 Å². The van der Waals surface area contributed by atoms with Crippen LogP contribution in [-0.2, 0) is 0 Å². The molecule has 1 atom stereocenters. The Morgan fingerprint density at radius 3 is 2.04 bits per heavy atom. The van der Waals surface area contributed by atoms with E-state index < -0.39 is 0 Å².